The van der Waals surface area contributed by atoms with E-state index >= 15 is 0 Å². The van der Waals surface area contributed by atoms with Crippen LogP contribution in [-0.4, -0.2) is 49.4 Å². The fourth-order valence-electron chi connectivity index (χ4n) is 1.99. The molecule has 0 aromatic heterocycles. The minimum Gasteiger partial charge on any atom is -0.466 e. The topological polar surface area (TPSA) is 99.1 Å². The van der Waals surface area contributed by atoms with Gasteiger partial charge in [-0.3, -0.25) is 14.4 Å². The molecule has 0 radical (unpaired) electrons. The van der Waals surface area contributed by atoms with Gasteiger partial charge in [0.1, 0.15) is 0 Å². The molecule has 0 amide bonds. The van der Waals surface area contributed by atoms with Crippen LogP contribution in [0.25, 0.3) is 0 Å². The summed E-state index contributed by atoms with van der Waals surface area (Å²) >= 11 is 0. The van der Waals surface area contributed by atoms with Crippen molar-refractivity contribution in [2.24, 2.45) is 11.8 Å². The normalized spacial score (nSPS) is 13.0. The summed E-state index contributed by atoms with van der Waals surface area (Å²) in [5.74, 6) is -3.47. The van der Waals surface area contributed by atoms with Crippen molar-refractivity contribution in [2.75, 3.05) is 26.4 Å². The molecule has 25 heavy (non-hydrogen) atoms. The second-order valence-electron chi connectivity index (χ2n) is 5.94. The molecule has 7 heteroatoms. The maximum atomic E-state index is 12.3. The molecular formula is C18H32O7. The molecule has 1 N–H and O–H groups in total. The van der Waals surface area contributed by atoms with Crippen molar-refractivity contribution in [1.82, 2.24) is 0 Å². The van der Waals surface area contributed by atoms with Crippen LogP contribution in [0.4, 0.5) is 0 Å². The van der Waals surface area contributed by atoms with Crippen LogP contribution >= 0.6 is 0 Å². The first-order valence-electron chi connectivity index (χ1n) is 9.07. The first-order chi connectivity index (χ1) is 12.0. The van der Waals surface area contributed by atoms with Crippen LogP contribution in [0.3, 0.4) is 0 Å². The third-order valence-electron chi connectivity index (χ3n) is 3.71. The molecule has 0 aliphatic carbocycles. The first kappa shape index (κ1) is 23.4. The molecule has 0 saturated carbocycles. The number of hydrogen-bond acceptors (Lipinski definition) is 7. The summed E-state index contributed by atoms with van der Waals surface area (Å²) in [5.41, 5.74) is 0. The standard InChI is InChI=1S/C18H32O7/c1-4-6-10-23-16(20)13-15(18(22)25-11-7-5-2)14(3)17(21)24-12-8-9-19/h14-15,19H,4-13H2,1-3H3. The van der Waals surface area contributed by atoms with E-state index in [1.807, 2.05) is 13.8 Å². The highest BCUT2D eigenvalue weighted by molar-refractivity contribution is 5.85. The summed E-state index contributed by atoms with van der Waals surface area (Å²) in [6.45, 7) is 6.01. The summed E-state index contributed by atoms with van der Waals surface area (Å²) in [6, 6.07) is 0. The molecule has 0 bridgehead atoms. The molecule has 0 aliphatic heterocycles. The highest BCUT2D eigenvalue weighted by Gasteiger charge is 2.35. The van der Waals surface area contributed by atoms with E-state index in [0.717, 1.165) is 19.3 Å². The number of hydrogen-bond donors (Lipinski definition) is 1. The van der Waals surface area contributed by atoms with E-state index in [0.29, 0.717) is 19.4 Å². The van der Waals surface area contributed by atoms with Gasteiger partial charge in [0.2, 0.25) is 0 Å². The number of aliphatic hydroxyl groups is 1. The molecule has 146 valence electrons. The first-order valence-corrected chi connectivity index (χ1v) is 9.07. The van der Waals surface area contributed by atoms with Crippen LogP contribution in [0.5, 0.6) is 0 Å². The summed E-state index contributed by atoms with van der Waals surface area (Å²) in [7, 11) is 0. The van der Waals surface area contributed by atoms with Crippen LogP contribution in [0.15, 0.2) is 0 Å². The van der Waals surface area contributed by atoms with Crippen LogP contribution < -0.4 is 0 Å². The van der Waals surface area contributed by atoms with Crippen LogP contribution in [0, 0.1) is 11.8 Å². The number of esters is 3. The number of carbonyl (C=O) groups is 3. The molecule has 2 unspecified atom stereocenters. The Hall–Kier alpha value is -1.63. The molecule has 0 heterocycles. The lowest BCUT2D eigenvalue weighted by molar-refractivity contribution is -0.164. The average molecular weight is 360 g/mol. The highest BCUT2D eigenvalue weighted by atomic mass is 16.5. The average Bonchev–Trinajstić information content (AvgIpc) is 2.59. The second-order valence-corrected chi connectivity index (χ2v) is 5.94. The minimum atomic E-state index is -0.937. The maximum Gasteiger partial charge on any atom is 0.310 e. The minimum absolute atomic E-state index is 0.0677. The zero-order chi connectivity index (χ0) is 19.1. The monoisotopic (exact) mass is 360 g/mol. The Balaban J connectivity index is 4.76. The van der Waals surface area contributed by atoms with Crippen molar-refractivity contribution in [3.63, 3.8) is 0 Å². The van der Waals surface area contributed by atoms with E-state index in [1.54, 1.807) is 0 Å². The van der Waals surface area contributed by atoms with Gasteiger partial charge in [0.05, 0.1) is 38.1 Å². The Bertz CT molecular complexity index is 395. The Morgan fingerprint density at radius 2 is 1.36 bits per heavy atom. The third kappa shape index (κ3) is 10.8. The molecule has 0 spiro atoms. The summed E-state index contributed by atoms with van der Waals surface area (Å²) < 4.78 is 15.3. The van der Waals surface area contributed by atoms with E-state index in [-0.39, 0.29) is 26.2 Å². The fraction of sp³-hybridized carbons (Fsp3) is 0.833. The van der Waals surface area contributed by atoms with Crippen molar-refractivity contribution in [3.05, 3.63) is 0 Å². The fourth-order valence-corrected chi connectivity index (χ4v) is 1.99. The van der Waals surface area contributed by atoms with Crippen LogP contribution in [-0.2, 0) is 28.6 Å². The lowest BCUT2D eigenvalue weighted by Gasteiger charge is -2.21. The van der Waals surface area contributed by atoms with E-state index in [1.165, 1.54) is 6.92 Å². The number of unbranched alkanes of at least 4 members (excludes halogenated alkanes) is 2. The van der Waals surface area contributed by atoms with Gasteiger partial charge in [-0.1, -0.05) is 33.6 Å². The Labute approximate surface area is 150 Å². The molecule has 0 fully saturated rings. The Kier molecular flexibility index (Phi) is 13.7. The Morgan fingerprint density at radius 1 is 0.840 bits per heavy atom. The van der Waals surface area contributed by atoms with Gasteiger partial charge < -0.3 is 19.3 Å². The third-order valence-corrected chi connectivity index (χ3v) is 3.71. The maximum absolute atomic E-state index is 12.3. The van der Waals surface area contributed by atoms with Gasteiger partial charge in [-0.25, -0.2) is 0 Å². The van der Waals surface area contributed by atoms with Gasteiger partial charge in [-0.2, -0.15) is 0 Å². The number of carbonyl (C=O) groups excluding carboxylic acids is 3. The lowest BCUT2D eigenvalue weighted by Crippen LogP contribution is -2.33. The second kappa shape index (κ2) is 14.7. The van der Waals surface area contributed by atoms with Crippen molar-refractivity contribution in [3.8, 4) is 0 Å². The van der Waals surface area contributed by atoms with Gasteiger partial charge in [0.25, 0.3) is 0 Å². The van der Waals surface area contributed by atoms with Crippen molar-refractivity contribution >= 4 is 17.9 Å². The largest absolute Gasteiger partial charge is 0.466 e. The zero-order valence-electron chi connectivity index (χ0n) is 15.6. The van der Waals surface area contributed by atoms with Gasteiger partial charge in [-0.05, 0) is 12.8 Å². The van der Waals surface area contributed by atoms with Crippen molar-refractivity contribution < 1.29 is 33.7 Å². The van der Waals surface area contributed by atoms with Gasteiger partial charge in [0, 0.05) is 13.0 Å². The van der Waals surface area contributed by atoms with E-state index < -0.39 is 29.7 Å². The van der Waals surface area contributed by atoms with Crippen LogP contribution in [0.1, 0.15) is 59.3 Å². The Morgan fingerprint density at radius 3 is 1.92 bits per heavy atom. The van der Waals surface area contributed by atoms with E-state index in [2.05, 4.69) is 0 Å². The predicted octanol–water partition coefficient (Wildman–Crippen LogP) is 2.24. The quantitative estimate of drug-likeness (QED) is 0.288. The number of ether oxygens (including phenoxy) is 3. The SMILES string of the molecule is CCCCOC(=O)CC(C(=O)OCCCC)C(C)C(=O)OCCCO. The number of rotatable bonds is 14. The molecule has 2 atom stereocenters. The molecule has 0 rings (SSSR count). The van der Waals surface area contributed by atoms with Crippen molar-refractivity contribution in [1.29, 1.82) is 0 Å². The molecule has 0 aromatic rings. The summed E-state index contributed by atoms with van der Waals surface area (Å²) in [6.07, 6.45) is 3.33. The van der Waals surface area contributed by atoms with E-state index in [9.17, 15) is 14.4 Å². The molecule has 0 aliphatic rings. The van der Waals surface area contributed by atoms with Gasteiger partial charge >= 0.3 is 17.9 Å². The lowest BCUT2D eigenvalue weighted by atomic mass is 9.91. The molecule has 7 nitrogen and oxygen atoms in total. The highest BCUT2D eigenvalue weighted by Crippen LogP contribution is 2.21. The number of aliphatic hydroxyl groups excluding tert-OH is 1. The van der Waals surface area contributed by atoms with E-state index in [4.69, 9.17) is 19.3 Å². The van der Waals surface area contributed by atoms with Crippen molar-refractivity contribution in [2.45, 2.75) is 59.3 Å². The van der Waals surface area contributed by atoms with Crippen LogP contribution in [0.2, 0.25) is 0 Å². The smallest absolute Gasteiger partial charge is 0.310 e. The van der Waals surface area contributed by atoms with Gasteiger partial charge in [0.15, 0.2) is 0 Å². The molecule has 0 saturated heterocycles. The zero-order valence-corrected chi connectivity index (χ0v) is 15.6. The summed E-state index contributed by atoms with van der Waals surface area (Å²) in [5, 5.41) is 8.73. The predicted molar refractivity (Wildman–Crippen MR) is 91.7 cm³/mol. The molecular weight excluding hydrogens is 328 g/mol. The van der Waals surface area contributed by atoms with Gasteiger partial charge in [-0.15, -0.1) is 0 Å². The summed E-state index contributed by atoms with van der Waals surface area (Å²) in [4.78, 5) is 36.3. The molecule has 0 aromatic carbocycles.